The summed E-state index contributed by atoms with van der Waals surface area (Å²) in [6, 6.07) is 21.5. The molecule has 0 aliphatic carbocycles. The fourth-order valence-electron chi connectivity index (χ4n) is 5.55. The number of thioether (sulfide) groups is 1. The number of guanidine groups is 1. The van der Waals surface area contributed by atoms with Crippen LogP contribution in [0.5, 0.6) is 0 Å². The molecule has 0 saturated carbocycles. The second-order valence-electron chi connectivity index (χ2n) is 10.3. The molecule has 11 heteroatoms. The van der Waals surface area contributed by atoms with Crippen LogP contribution in [0.4, 0.5) is 5.69 Å². The first-order valence-corrected chi connectivity index (χ1v) is 15.2. The van der Waals surface area contributed by atoms with E-state index in [0.29, 0.717) is 33.5 Å². The normalized spacial score (nSPS) is 18.3. The first-order valence-electron chi connectivity index (χ1n) is 13.7. The quantitative estimate of drug-likeness (QED) is 0.308. The predicted molar refractivity (Wildman–Crippen MR) is 172 cm³/mol. The number of nitrogens with one attached hydrogen (secondary N) is 2. The molecule has 3 aliphatic rings. The first kappa shape index (κ1) is 28.3. The molecule has 3 aromatic rings. The minimum atomic E-state index is -1.60. The van der Waals surface area contributed by atoms with Gasteiger partial charge in [-0.25, -0.2) is 15.5 Å². The summed E-state index contributed by atoms with van der Waals surface area (Å²) >= 11 is 8.37. The molecule has 6 rings (SSSR count). The minimum absolute atomic E-state index is 0.470. The van der Waals surface area contributed by atoms with Crippen LogP contribution in [0.25, 0.3) is 0 Å². The van der Waals surface area contributed by atoms with Gasteiger partial charge in [0.25, 0.3) is 5.96 Å². The Balaban J connectivity index is 1.46. The molecule has 9 nitrogen and oxygen atoms in total. The zero-order chi connectivity index (χ0) is 29.3. The number of anilines is 1. The number of aliphatic hydroxyl groups is 1. The van der Waals surface area contributed by atoms with Crippen LogP contribution >= 0.6 is 23.4 Å². The fourth-order valence-corrected chi connectivity index (χ4v) is 6.72. The molecule has 3 aromatic carbocycles. The smallest absolute Gasteiger partial charge is 0.265 e. The highest BCUT2D eigenvalue weighted by Gasteiger charge is 2.40. The zero-order valence-electron chi connectivity index (χ0n) is 23.3. The van der Waals surface area contributed by atoms with Crippen molar-refractivity contribution in [3.05, 3.63) is 124 Å². The Bertz CT molecular complexity index is 1580. The van der Waals surface area contributed by atoms with Crippen LogP contribution in [0.1, 0.15) is 27.8 Å². The molecule has 0 spiro atoms. The lowest BCUT2D eigenvalue weighted by molar-refractivity contribution is 0.0966. The number of fused-ring (bicyclic) bond motifs is 3. The molecular formula is C31H33ClN8OS. The van der Waals surface area contributed by atoms with E-state index in [9.17, 15) is 5.11 Å². The molecule has 1 unspecified atom stereocenters. The molecule has 0 radical (unpaired) electrons. The van der Waals surface area contributed by atoms with Crippen LogP contribution < -0.4 is 21.8 Å². The van der Waals surface area contributed by atoms with Crippen molar-refractivity contribution in [2.75, 3.05) is 36.7 Å². The van der Waals surface area contributed by atoms with Gasteiger partial charge in [0.15, 0.2) is 5.60 Å². The maximum absolute atomic E-state index is 12.7. The zero-order valence-corrected chi connectivity index (χ0v) is 24.9. The van der Waals surface area contributed by atoms with E-state index >= 15 is 0 Å². The van der Waals surface area contributed by atoms with Crippen molar-refractivity contribution in [3.8, 4) is 0 Å². The number of nitrogens with two attached hydrogens (primary N) is 1. The first-order chi connectivity index (χ1) is 20.4. The van der Waals surface area contributed by atoms with Crippen molar-refractivity contribution in [2.45, 2.75) is 12.1 Å². The van der Waals surface area contributed by atoms with E-state index in [4.69, 9.17) is 22.3 Å². The minimum Gasteiger partial charge on any atom is -0.403 e. The van der Waals surface area contributed by atoms with Crippen LogP contribution in [-0.4, -0.2) is 58.2 Å². The Morgan fingerprint density at radius 1 is 1.14 bits per heavy atom. The molecule has 1 fully saturated rings. The van der Waals surface area contributed by atoms with Crippen LogP contribution in [0, 0.1) is 0 Å². The lowest BCUT2D eigenvalue weighted by atomic mass is 9.81. The molecule has 3 aliphatic heterocycles. The van der Waals surface area contributed by atoms with Gasteiger partial charge in [-0.05, 0) is 47.2 Å². The maximum atomic E-state index is 12.7. The number of benzene rings is 3. The number of halogens is 1. The lowest BCUT2D eigenvalue weighted by Crippen LogP contribution is -2.44. The summed E-state index contributed by atoms with van der Waals surface area (Å²) in [5, 5.41) is 19.4. The third kappa shape index (κ3) is 5.16. The molecule has 0 bridgehead atoms. The Labute approximate surface area is 255 Å². The van der Waals surface area contributed by atoms with Crippen LogP contribution in [0.15, 0.2) is 101 Å². The van der Waals surface area contributed by atoms with Gasteiger partial charge in [0, 0.05) is 60.5 Å². The standard InChI is InChI=1S/C31H33ClN8OS/c1-3-38(2)28(19-33)31(41,23-9-7-21(8-10-23)20-39-13-15-42-16-14-39)24-11-12-27-26(18-24)29(22-5-4-6-25(32)17-22)34-30-35-36-37-40(27)30/h3-12,17-19,36-37,41H,1,13-16,20,33H2,2H3/b28-19-. The van der Waals surface area contributed by atoms with Crippen LogP contribution in [-0.2, 0) is 12.1 Å². The third-order valence-electron chi connectivity index (χ3n) is 7.80. The summed E-state index contributed by atoms with van der Waals surface area (Å²) in [5.41, 5.74) is 16.5. The van der Waals surface area contributed by atoms with E-state index in [1.807, 2.05) is 73.4 Å². The van der Waals surface area contributed by atoms with Crippen molar-refractivity contribution in [1.29, 1.82) is 0 Å². The lowest BCUT2D eigenvalue weighted by Gasteiger charge is -2.37. The van der Waals surface area contributed by atoms with Gasteiger partial charge in [0.2, 0.25) is 0 Å². The summed E-state index contributed by atoms with van der Waals surface area (Å²) < 4.78 is 0. The Kier molecular flexibility index (Phi) is 7.98. The van der Waals surface area contributed by atoms with Gasteiger partial charge in [-0.2, -0.15) is 11.8 Å². The van der Waals surface area contributed by atoms with Crippen LogP contribution in [0.3, 0.4) is 0 Å². The number of rotatable bonds is 8. The number of hydrazone groups is 1. The van der Waals surface area contributed by atoms with Crippen molar-refractivity contribution in [1.82, 2.24) is 20.9 Å². The van der Waals surface area contributed by atoms with Gasteiger partial charge >= 0.3 is 0 Å². The summed E-state index contributed by atoms with van der Waals surface area (Å²) in [5.74, 6) is 2.79. The van der Waals surface area contributed by atoms with Gasteiger partial charge in [-0.1, -0.05) is 60.6 Å². The SMILES string of the molecule is C=CN(C)/C(=C\N)C(O)(c1ccc(CN2CCSCC2)cc1)c1ccc2c(c1)C(c1cccc(Cl)c1)=NC1=NNNN12. The van der Waals surface area contributed by atoms with E-state index in [1.54, 1.807) is 16.1 Å². The van der Waals surface area contributed by atoms with Crippen molar-refractivity contribution < 1.29 is 5.11 Å². The summed E-state index contributed by atoms with van der Waals surface area (Å²) in [6.45, 7) is 6.97. The van der Waals surface area contributed by atoms with Gasteiger partial charge in [-0.15, -0.1) is 10.6 Å². The summed E-state index contributed by atoms with van der Waals surface area (Å²) in [4.78, 5) is 9.03. The van der Waals surface area contributed by atoms with E-state index < -0.39 is 5.60 Å². The molecular weight excluding hydrogens is 568 g/mol. The highest BCUT2D eigenvalue weighted by molar-refractivity contribution is 7.99. The van der Waals surface area contributed by atoms with Crippen molar-refractivity contribution >= 4 is 40.7 Å². The van der Waals surface area contributed by atoms with Crippen molar-refractivity contribution in [2.24, 2.45) is 15.8 Å². The predicted octanol–water partition coefficient (Wildman–Crippen LogP) is 3.95. The molecule has 1 atom stereocenters. The maximum Gasteiger partial charge on any atom is 0.265 e. The van der Waals surface area contributed by atoms with Crippen molar-refractivity contribution in [3.63, 3.8) is 0 Å². The number of nitrogens with zero attached hydrogens (tertiary/aromatic N) is 5. The molecule has 42 heavy (non-hydrogen) atoms. The molecule has 0 amide bonds. The highest BCUT2D eigenvalue weighted by atomic mass is 35.5. The Morgan fingerprint density at radius 3 is 2.62 bits per heavy atom. The average molecular weight is 601 g/mol. The average Bonchev–Trinajstić information content (AvgIpc) is 3.50. The van der Waals surface area contributed by atoms with Gasteiger partial charge in [-0.3, -0.25) is 4.90 Å². The van der Waals surface area contributed by atoms with Gasteiger partial charge in [0.05, 0.1) is 17.1 Å². The van der Waals surface area contributed by atoms with Gasteiger partial charge in [0.1, 0.15) is 0 Å². The molecule has 0 aromatic heterocycles. The van der Waals surface area contributed by atoms with E-state index in [-0.39, 0.29) is 0 Å². The summed E-state index contributed by atoms with van der Waals surface area (Å²) in [6.07, 6.45) is 3.06. The molecule has 216 valence electrons. The third-order valence-corrected chi connectivity index (χ3v) is 8.98. The second kappa shape index (κ2) is 11.8. The Morgan fingerprint density at radius 2 is 1.90 bits per heavy atom. The number of hydrogen-bond acceptors (Lipinski definition) is 10. The summed E-state index contributed by atoms with van der Waals surface area (Å²) in [7, 11) is 1.82. The topological polar surface area (TPSA) is 105 Å². The highest BCUT2D eigenvalue weighted by Crippen LogP contribution is 2.41. The van der Waals surface area contributed by atoms with Gasteiger partial charge < -0.3 is 15.7 Å². The monoisotopic (exact) mass is 600 g/mol. The number of likely N-dealkylation sites (N-methyl/N-ethyl adjacent to an activating group) is 1. The number of hydrogen-bond donors (Lipinski definition) is 4. The number of hydrazine groups is 2. The number of aliphatic imine (C=N–C) groups is 1. The van der Waals surface area contributed by atoms with E-state index in [1.165, 1.54) is 11.8 Å². The molecule has 3 heterocycles. The van der Waals surface area contributed by atoms with E-state index in [2.05, 4.69) is 39.8 Å². The molecule has 5 N–H and O–H groups in total. The Hall–Kier alpha value is -3.80. The largest absolute Gasteiger partial charge is 0.403 e. The second-order valence-corrected chi connectivity index (χ2v) is 12.0. The van der Waals surface area contributed by atoms with E-state index in [0.717, 1.165) is 48.0 Å². The van der Waals surface area contributed by atoms with Crippen LogP contribution in [0.2, 0.25) is 5.02 Å². The fraction of sp³-hybridized carbons (Fsp3) is 0.226. The molecule has 1 saturated heterocycles.